The van der Waals surface area contributed by atoms with Gasteiger partial charge >= 0.3 is 42.4 Å². The fraction of sp³-hybridized carbons (Fsp3) is 0.692. The van der Waals surface area contributed by atoms with Crippen molar-refractivity contribution in [2.45, 2.75) is 44.8 Å². The van der Waals surface area contributed by atoms with E-state index in [1.54, 1.807) is 6.26 Å². The Labute approximate surface area is 262 Å². The topological polar surface area (TPSA) is 161 Å². The van der Waals surface area contributed by atoms with E-state index in [4.69, 9.17) is 38.9 Å². The number of hydrogen-bond donors (Lipinski definition) is 3. The van der Waals surface area contributed by atoms with Crippen molar-refractivity contribution in [2.24, 2.45) is 11.3 Å². The van der Waals surface area contributed by atoms with Gasteiger partial charge in [0.25, 0.3) is 0 Å². The number of likely N-dealkylation sites (N-methyl/N-ethyl adjacent to an activating group) is 1. The zero-order chi connectivity index (χ0) is 36.8. The fourth-order valence-corrected chi connectivity index (χ4v) is 4.52. The number of esters is 1. The number of carboxylic acids is 3. The SMILES string of the molecule is CCOC(=O)[C@]12CCCN(Cc3ccoc3)C[C@H]1CN(CCN(C)C)C2.O=C(O)C(F)(F)F.O=C(O)C(F)(F)F.O=C(O)C(F)(F)F. The number of fused-ring (bicyclic) bond motifs is 1. The van der Waals surface area contributed by atoms with Crippen molar-refractivity contribution in [1.82, 2.24) is 14.7 Å². The van der Waals surface area contributed by atoms with E-state index in [1.807, 2.05) is 19.3 Å². The molecule has 2 aliphatic heterocycles. The minimum absolute atomic E-state index is 0.0162. The van der Waals surface area contributed by atoms with Crippen LogP contribution in [0.4, 0.5) is 39.5 Å². The summed E-state index contributed by atoms with van der Waals surface area (Å²) in [6.45, 7) is 9.08. The number of nitrogens with zero attached hydrogens (tertiary/aromatic N) is 3. The lowest BCUT2D eigenvalue weighted by atomic mass is 9.75. The van der Waals surface area contributed by atoms with E-state index in [1.165, 1.54) is 5.56 Å². The highest BCUT2D eigenvalue weighted by Gasteiger charge is 2.53. The molecule has 0 aromatic carbocycles. The molecule has 0 aliphatic carbocycles. The number of furan rings is 1. The molecular weight excluding hydrogens is 669 g/mol. The first-order valence-corrected chi connectivity index (χ1v) is 13.5. The van der Waals surface area contributed by atoms with Crippen LogP contribution in [0.15, 0.2) is 23.0 Å². The molecule has 0 amide bonds. The van der Waals surface area contributed by atoms with E-state index >= 15 is 0 Å². The molecule has 0 saturated carbocycles. The Morgan fingerprint density at radius 2 is 1.38 bits per heavy atom. The second-order valence-corrected chi connectivity index (χ2v) is 10.5. The maximum absolute atomic E-state index is 13.0. The standard InChI is InChI=1S/C20H33N3O3.3C2HF3O2/c1-4-26-19(24)20-7-5-8-22(12-17-6-11-25-15-17)13-18(20)14-23(16-20)10-9-21(2)3;3*3-2(4,5)1(6)7/h6,11,15,18H,4-5,7-10,12-14,16H2,1-3H3;3*(H,6,7)/t18-,20-;;;/m0.../s1. The molecule has 2 aliphatic rings. The predicted molar refractivity (Wildman–Crippen MR) is 142 cm³/mol. The minimum atomic E-state index is -5.08. The van der Waals surface area contributed by atoms with Crippen molar-refractivity contribution < 1.29 is 83.2 Å². The Hall–Kier alpha value is -3.59. The summed E-state index contributed by atoms with van der Waals surface area (Å²) in [6, 6.07) is 2.03. The van der Waals surface area contributed by atoms with Gasteiger partial charge in [-0.3, -0.25) is 9.69 Å². The van der Waals surface area contributed by atoms with E-state index in [2.05, 4.69) is 28.8 Å². The highest BCUT2D eigenvalue weighted by Crippen LogP contribution is 2.44. The lowest BCUT2D eigenvalue weighted by molar-refractivity contribution is -0.193. The van der Waals surface area contributed by atoms with E-state index in [0.717, 1.165) is 58.7 Å². The quantitative estimate of drug-likeness (QED) is 0.279. The molecule has 3 N–H and O–H groups in total. The highest BCUT2D eigenvalue weighted by molar-refractivity contribution is 5.78. The molecule has 0 spiro atoms. The van der Waals surface area contributed by atoms with Gasteiger partial charge in [-0.1, -0.05) is 0 Å². The van der Waals surface area contributed by atoms with Crippen LogP contribution in [-0.2, 0) is 30.5 Å². The lowest BCUT2D eigenvalue weighted by Crippen LogP contribution is -2.42. The molecule has 47 heavy (non-hydrogen) atoms. The third-order valence-corrected chi connectivity index (χ3v) is 6.60. The summed E-state index contributed by atoms with van der Waals surface area (Å²) >= 11 is 0. The maximum atomic E-state index is 13.0. The molecule has 272 valence electrons. The Morgan fingerprint density at radius 3 is 1.77 bits per heavy atom. The van der Waals surface area contributed by atoms with Crippen LogP contribution >= 0.6 is 0 Å². The Balaban J connectivity index is 0.000000820. The van der Waals surface area contributed by atoms with E-state index in [9.17, 15) is 44.3 Å². The number of carboxylic acid groups (broad SMARTS) is 3. The van der Waals surface area contributed by atoms with Gasteiger partial charge in [0.05, 0.1) is 24.5 Å². The van der Waals surface area contributed by atoms with Crippen LogP contribution in [0.2, 0.25) is 0 Å². The summed E-state index contributed by atoms with van der Waals surface area (Å²) in [5, 5.41) is 21.4. The Morgan fingerprint density at radius 1 is 0.915 bits per heavy atom. The molecule has 0 radical (unpaired) electrons. The largest absolute Gasteiger partial charge is 0.490 e. The molecule has 0 unspecified atom stereocenters. The number of alkyl halides is 9. The van der Waals surface area contributed by atoms with Gasteiger partial charge in [0, 0.05) is 50.7 Å². The maximum Gasteiger partial charge on any atom is 0.490 e. The van der Waals surface area contributed by atoms with Gasteiger partial charge in [-0.05, 0) is 46.5 Å². The third kappa shape index (κ3) is 16.2. The normalized spacial score (nSPS) is 20.2. The van der Waals surface area contributed by atoms with Crippen LogP contribution in [0.5, 0.6) is 0 Å². The predicted octanol–water partition coefficient (Wildman–Crippen LogP) is 3.82. The van der Waals surface area contributed by atoms with Crippen LogP contribution in [-0.4, -0.2) is 132 Å². The van der Waals surface area contributed by atoms with E-state index in [0.29, 0.717) is 12.5 Å². The first-order chi connectivity index (χ1) is 21.4. The van der Waals surface area contributed by atoms with Crippen molar-refractivity contribution in [2.75, 3.05) is 60.0 Å². The van der Waals surface area contributed by atoms with Crippen LogP contribution < -0.4 is 0 Å². The fourth-order valence-electron chi connectivity index (χ4n) is 4.52. The summed E-state index contributed by atoms with van der Waals surface area (Å²) in [5.74, 6) is -7.92. The van der Waals surface area contributed by atoms with E-state index in [-0.39, 0.29) is 11.4 Å². The van der Waals surface area contributed by atoms with Crippen LogP contribution in [0.3, 0.4) is 0 Å². The number of ether oxygens (including phenoxy) is 1. The second-order valence-electron chi connectivity index (χ2n) is 10.5. The molecule has 21 heteroatoms. The van der Waals surface area contributed by atoms with E-state index < -0.39 is 36.4 Å². The smallest absolute Gasteiger partial charge is 0.475 e. The number of likely N-dealkylation sites (tertiary alicyclic amines) is 2. The molecule has 3 rings (SSSR count). The first-order valence-electron chi connectivity index (χ1n) is 13.5. The van der Waals surface area contributed by atoms with Gasteiger partial charge in [-0.15, -0.1) is 0 Å². The van der Waals surface area contributed by atoms with Crippen LogP contribution in [0.25, 0.3) is 0 Å². The molecule has 1 aromatic heterocycles. The number of rotatable bonds is 7. The average molecular weight is 706 g/mol. The van der Waals surface area contributed by atoms with Gasteiger partial charge in [0.15, 0.2) is 0 Å². The van der Waals surface area contributed by atoms with Crippen LogP contribution in [0, 0.1) is 11.3 Å². The molecule has 0 bridgehead atoms. The summed E-state index contributed by atoms with van der Waals surface area (Å²) in [6.07, 6.45) is -9.73. The lowest BCUT2D eigenvalue weighted by Gasteiger charge is -2.31. The third-order valence-electron chi connectivity index (χ3n) is 6.60. The van der Waals surface area contributed by atoms with Crippen molar-refractivity contribution in [1.29, 1.82) is 0 Å². The number of aliphatic carboxylic acids is 3. The minimum Gasteiger partial charge on any atom is -0.475 e. The first kappa shape index (κ1) is 43.4. The molecular formula is C26H36F9N3O9. The zero-order valence-corrected chi connectivity index (χ0v) is 25.4. The number of carbonyl (C=O) groups is 4. The van der Waals surface area contributed by atoms with Crippen molar-refractivity contribution in [3.05, 3.63) is 24.2 Å². The summed E-state index contributed by atoms with van der Waals surface area (Å²) < 4.78 is 106. The second kappa shape index (κ2) is 18.7. The highest BCUT2D eigenvalue weighted by atomic mass is 19.4. The Kier molecular flexibility index (Phi) is 17.2. The van der Waals surface area contributed by atoms with Crippen molar-refractivity contribution >= 4 is 23.9 Å². The monoisotopic (exact) mass is 705 g/mol. The average Bonchev–Trinajstić information content (AvgIpc) is 3.51. The molecule has 2 fully saturated rings. The summed E-state index contributed by atoms with van der Waals surface area (Å²) in [4.78, 5) is 46.8. The molecule has 2 saturated heterocycles. The number of carbonyl (C=O) groups excluding carboxylic acids is 1. The van der Waals surface area contributed by atoms with Crippen LogP contribution in [0.1, 0.15) is 25.3 Å². The van der Waals surface area contributed by atoms with Gasteiger partial charge in [0.1, 0.15) is 0 Å². The summed E-state index contributed by atoms with van der Waals surface area (Å²) in [5.41, 5.74) is 0.865. The van der Waals surface area contributed by atoms with Gasteiger partial charge in [0.2, 0.25) is 0 Å². The van der Waals surface area contributed by atoms with Gasteiger partial charge in [-0.25, -0.2) is 14.4 Å². The summed E-state index contributed by atoms with van der Waals surface area (Å²) in [7, 11) is 4.20. The molecule has 1 aromatic rings. The van der Waals surface area contributed by atoms with Crippen molar-refractivity contribution in [3.8, 4) is 0 Å². The zero-order valence-electron chi connectivity index (χ0n) is 25.4. The molecule has 2 atom stereocenters. The van der Waals surface area contributed by atoms with Crippen molar-refractivity contribution in [3.63, 3.8) is 0 Å². The van der Waals surface area contributed by atoms with Gasteiger partial charge in [-0.2, -0.15) is 39.5 Å². The number of halogens is 9. The number of hydrogen-bond acceptors (Lipinski definition) is 9. The Bertz CT molecular complexity index is 1070. The molecule has 12 nitrogen and oxygen atoms in total. The van der Waals surface area contributed by atoms with Gasteiger partial charge < -0.3 is 34.3 Å². The molecule has 3 heterocycles.